The molecule has 0 bridgehead atoms. The van der Waals surface area contributed by atoms with Crippen LogP contribution in [0, 0.1) is 0 Å². The molecule has 0 saturated heterocycles. The molecule has 0 aliphatic rings. The van der Waals surface area contributed by atoms with Crippen molar-refractivity contribution in [2.75, 3.05) is 13.2 Å². The predicted molar refractivity (Wildman–Crippen MR) is 265 cm³/mol. The summed E-state index contributed by atoms with van der Waals surface area (Å²) in [6, 6.07) is 0. The molecule has 1 unspecified atom stereocenters. The molecule has 0 spiro atoms. The minimum absolute atomic E-state index is 0.0851. The molecule has 0 aliphatic carbocycles. The third-order valence-corrected chi connectivity index (χ3v) is 11.6. The van der Waals surface area contributed by atoms with E-state index in [1.807, 2.05) is 0 Å². The van der Waals surface area contributed by atoms with Gasteiger partial charge in [-0.15, -0.1) is 0 Å². The molecule has 62 heavy (non-hydrogen) atoms. The zero-order chi connectivity index (χ0) is 45.1. The van der Waals surface area contributed by atoms with Crippen molar-refractivity contribution in [2.45, 2.75) is 277 Å². The summed E-state index contributed by atoms with van der Waals surface area (Å²) in [7, 11) is 0. The van der Waals surface area contributed by atoms with E-state index in [1.54, 1.807) is 0 Å². The first kappa shape index (κ1) is 59.4. The van der Waals surface area contributed by atoms with Crippen molar-refractivity contribution in [1.29, 1.82) is 0 Å². The van der Waals surface area contributed by atoms with Gasteiger partial charge in [0.2, 0.25) is 0 Å². The van der Waals surface area contributed by atoms with Gasteiger partial charge in [-0.2, -0.15) is 0 Å². The van der Waals surface area contributed by atoms with Crippen LogP contribution in [0.5, 0.6) is 0 Å². The lowest BCUT2D eigenvalue weighted by molar-refractivity contribution is -0.167. The van der Waals surface area contributed by atoms with E-state index in [0.29, 0.717) is 19.3 Å². The highest BCUT2D eigenvalue weighted by atomic mass is 16.6. The Morgan fingerprint density at radius 3 is 1.03 bits per heavy atom. The number of carbonyl (C=O) groups is 3. The van der Waals surface area contributed by atoms with Gasteiger partial charge >= 0.3 is 17.9 Å². The van der Waals surface area contributed by atoms with E-state index in [4.69, 9.17) is 14.2 Å². The maximum atomic E-state index is 12.8. The largest absolute Gasteiger partial charge is 0.462 e. The van der Waals surface area contributed by atoms with Crippen LogP contribution in [0.2, 0.25) is 0 Å². The monoisotopic (exact) mass is 869 g/mol. The zero-order valence-corrected chi connectivity index (χ0v) is 41.1. The maximum absolute atomic E-state index is 12.8. The van der Waals surface area contributed by atoms with Gasteiger partial charge in [0.25, 0.3) is 0 Å². The molecule has 0 fully saturated rings. The van der Waals surface area contributed by atoms with Crippen molar-refractivity contribution in [3.63, 3.8) is 0 Å². The Bertz CT molecular complexity index is 1090. The Labute approximate surface area is 384 Å². The highest BCUT2D eigenvalue weighted by molar-refractivity contribution is 5.71. The van der Waals surface area contributed by atoms with Crippen LogP contribution in [-0.4, -0.2) is 37.2 Å². The Morgan fingerprint density at radius 2 is 0.629 bits per heavy atom. The average molecular weight is 869 g/mol. The molecule has 0 aromatic heterocycles. The van der Waals surface area contributed by atoms with E-state index in [-0.39, 0.29) is 31.1 Å². The van der Waals surface area contributed by atoms with Crippen LogP contribution >= 0.6 is 0 Å². The Hall–Kier alpha value is -2.63. The molecule has 0 heterocycles. The van der Waals surface area contributed by atoms with Gasteiger partial charge in [0, 0.05) is 19.3 Å². The lowest BCUT2D eigenvalue weighted by Crippen LogP contribution is -2.30. The van der Waals surface area contributed by atoms with Crippen LogP contribution in [0.1, 0.15) is 271 Å². The first-order valence-electron chi connectivity index (χ1n) is 26.6. The van der Waals surface area contributed by atoms with E-state index < -0.39 is 6.10 Å². The highest BCUT2D eigenvalue weighted by Gasteiger charge is 2.19. The van der Waals surface area contributed by atoms with Crippen molar-refractivity contribution in [2.24, 2.45) is 0 Å². The Morgan fingerprint density at radius 1 is 0.339 bits per heavy atom. The molecule has 0 N–H and O–H groups in total. The lowest BCUT2D eigenvalue weighted by Gasteiger charge is -2.18. The average Bonchev–Trinajstić information content (AvgIpc) is 3.27. The van der Waals surface area contributed by atoms with Gasteiger partial charge in [-0.3, -0.25) is 14.4 Å². The number of unbranched alkanes of at least 4 members (excludes halogenated alkanes) is 29. The molecular weight excluding hydrogens is 769 g/mol. The van der Waals surface area contributed by atoms with Gasteiger partial charge in [-0.05, 0) is 77.0 Å². The smallest absolute Gasteiger partial charge is 0.306 e. The molecule has 1 atom stereocenters. The normalized spacial score (nSPS) is 12.4. The molecule has 0 rings (SSSR count). The maximum Gasteiger partial charge on any atom is 0.306 e. The van der Waals surface area contributed by atoms with Crippen LogP contribution in [0.3, 0.4) is 0 Å². The highest BCUT2D eigenvalue weighted by Crippen LogP contribution is 2.16. The zero-order valence-electron chi connectivity index (χ0n) is 41.1. The molecular formula is C56H100O6. The van der Waals surface area contributed by atoms with Gasteiger partial charge < -0.3 is 14.2 Å². The lowest BCUT2D eigenvalue weighted by atomic mass is 10.0. The number of carbonyl (C=O) groups excluding carboxylic acids is 3. The summed E-state index contributed by atoms with van der Waals surface area (Å²) in [5.74, 6) is -0.920. The fourth-order valence-corrected chi connectivity index (χ4v) is 7.57. The fraction of sp³-hybridized carbons (Fsp3) is 0.804. The van der Waals surface area contributed by atoms with Crippen LogP contribution in [0.4, 0.5) is 0 Å². The second-order valence-electron chi connectivity index (χ2n) is 17.8. The van der Waals surface area contributed by atoms with Crippen LogP contribution in [-0.2, 0) is 28.6 Å². The Kier molecular flexibility index (Phi) is 48.8. The topological polar surface area (TPSA) is 78.9 Å². The number of rotatable bonds is 48. The minimum Gasteiger partial charge on any atom is -0.462 e. The van der Waals surface area contributed by atoms with E-state index in [1.165, 1.54) is 154 Å². The molecule has 0 saturated carbocycles. The first-order chi connectivity index (χ1) is 30.5. The van der Waals surface area contributed by atoms with E-state index >= 15 is 0 Å². The van der Waals surface area contributed by atoms with Gasteiger partial charge in [-0.1, -0.05) is 223 Å². The minimum atomic E-state index is -0.786. The molecule has 0 aromatic rings. The summed E-state index contributed by atoms with van der Waals surface area (Å²) in [6.07, 6.45) is 61.0. The first-order valence-corrected chi connectivity index (χ1v) is 26.6. The van der Waals surface area contributed by atoms with Crippen molar-refractivity contribution in [1.82, 2.24) is 0 Å². The predicted octanol–water partition coefficient (Wildman–Crippen LogP) is 17.5. The van der Waals surface area contributed by atoms with Crippen molar-refractivity contribution in [3.05, 3.63) is 48.6 Å². The molecule has 0 radical (unpaired) electrons. The van der Waals surface area contributed by atoms with Gasteiger partial charge in [0.05, 0.1) is 0 Å². The molecule has 0 amide bonds. The standard InChI is InChI=1S/C56H100O6/c1-4-7-10-13-16-19-22-25-27-28-30-31-34-37-40-43-46-49-55(58)61-52-53(51-60-54(57)48-45-42-39-36-33-24-21-18-15-12-9-6-3)62-56(59)50-47-44-41-38-35-32-29-26-23-20-17-14-11-8-5-2/h9,12,18,21,25,27,33,36,53H,4-8,10-11,13-17,19-20,22-24,26,28-32,34-35,37-52H2,1-3H3/b12-9-,21-18-,27-25-,36-33-. The van der Waals surface area contributed by atoms with Gasteiger partial charge in [-0.25, -0.2) is 0 Å². The molecule has 6 nitrogen and oxygen atoms in total. The summed E-state index contributed by atoms with van der Waals surface area (Å²) in [4.78, 5) is 38.0. The third kappa shape index (κ3) is 48.4. The van der Waals surface area contributed by atoms with Gasteiger partial charge in [0.15, 0.2) is 6.10 Å². The van der Waals surface area contributed by atoms with Crippen molar-refractivity contribution >= 4 is 17.9 Å². The Balaban J connectivity index is 4.38. The molecule has 0 aliphatic heterocycles. The summed E-state index contributed by atoms with van der Waals surface area (Å²) in [6.45, 7) is 6.50. The number of allylic oxidation sites excluding steroid dienone is 8. The summed E-state index contributed by atoms with van der Waals surface area (Å²) < 4.78 is 16.8. The SMILES string of the molecule is CC/C=C\C/C=C\C/C=C\CCCCC(=O)OCC(COC(=O)CCCCCCCCC/C=C\CCCCCCCC)OC(=O)CCCCCCCCCCCCCCCCC. The summed E-state index contributed by atoms with van der Waals surface area (Å²) in [5, 5.41) is 0. The second kappa shape index (κ2) is 51.0. The summed E-state index contributed by atoms with van der Waals surface area (Å²) >= 11 is 0. The van der Waals surface area contributed by atoms with E-state index in [0.717, 1.165) is 77.0 Å². The quantitative estimate of drug-likeness (QED) is 0.0262. The number of hydrogen-bond donors (Lipinski definition) is 0. The fourth-order valence-electron chi connectivity index (χ4n) is 7.57. The van der Waals surface area contributed by atoms with Crippen molar-refractivity contribution < 1.29 is 28.6 Å². The van der Waals surface area contributed by atoms with E-state index in [2.05, 4.69) is 69.4 Å². The van der Waals surface area contributed by atoms with E-state index in [9.17, 15) is 14.4 Å². The molecule has 6 heteroatoms. The molecule has 360 valence electrons. The third-order valence-electron chi connectivity index (χ3n) is 11.6. The van der Waals surface area contributed by atoms with Crippen LogP contribution < -0.4 is 0 Å². The van der Waals surface area contributed by atoms with Gasteiger partial charge in [0.1, 0.15) is 13.2 Å². The summed E-state index contributed by atoms with van der Waals surface area (Å²) in [5.41, 5.74) is 0. The molecule has 0 aromatic carbocycles. The van der Waals surface area contributed by atoms with Crippen LogP contribution in [0.25, 0.3) is 0 Å². The van der Waals surface area contributed by atoms with Crippen LogP contribution in [0.15, 0.2) is 48.6 Å². The second-order valence-corrected chi connectivity index (χ2v) is 17.8. The number of hydrogen-bond acceptors (Lipinski definition) is 6. The number of ether oxygens (including phenoxy) is 3. The van der Waals surface area contributed by atoms with Crippen molar-refractivity contribution in [3.8, 4) is 0 Å². The number of esters is 3.